The van der Waals surface area contributed by atoms with Crippen LogP contribution >= 0.6 is 11.3 Å². The Morgan fingerprint density at radius 3 is 2.40 bits per heavy atom. The van der Waals surface area contributed by atoms with Crippen molar-refractivity contribution in [3.63, 3.8) is 0 Å². The van der Waals surface area contributed by atoms with Gasteiger partial charge in [-0.1, -0.05) is 12.1 Å². The zero-order valence-electron chi connectivity index (χ0n) is 24.6. The summed E-state index contributed by atoms with van der Waals surface area (Å²) in [5.41, 5.74) is 4.05. The van der Waals surface area contributed by atoms with Gasteiger partial charge in [0, 0.05) is 35.1 Å². The molecule has 8 heteroatoms. The van der Waals surface area contributed by atoms with Crippen molar-refractivity contribution < 1.29 is 14.3 Å². The number of carbonyl (C=O) groups excluding carboxylic acids is 2. The largest absolute Gasteiger partial charge is 0.497 e. The summed E-state index contributed by atoms with van der Waals surface area (Å²) in [6.45, 7) is 6.25. The number of pyridine rings is 1. The Morgan fingerprint density at radius 2 is 1.74 bits per heavy atom. The number of hydrogen-bond donors (Lipinski definition) is 1. The number of nitrogens with one attached hydrogen (secondary N) is 1. The molecule has 0 spiro atoms. The predicted molar refractivity (Wildman–Crippen MR) is 168 cm³/mol. The minimum absolute atomic E-state index is 0.106. The van der Waals surface area contributed by atoms with E-state index in [1.807, 2.05) is 42.2 Å². The number of carbonyl (C=O) groups is 2. The summed E-state index contributed by atoms with van der Waals surface area (Å²) in [6, 6.07) is 17.8. The smallest absolute Gasteiger partial charge is 0.263 e. The first kappa shape index (κ1) is 28.4. The van der Waals surface area contributed by atoms with Crippen LogP contribution in [0.1, 0.15) is 63.3 Å². The van der Waals surface area contributed by atoms with E-state index in [0.717, 1.165) is 76.1 Å². The molecule has 7 rings (SSSR count). The molecule has 1 aliphatic carbocycles. The molecule has 4 aromatic rings. The highest BCUT2D eigenvalue weighted by atomic mass is 32.1. The fourth-order valence-corrected chi connectivity index (χ4v) is 6.68. The summed E-state index contributed by atoms with van der Waals surface area (Å²) >= 11 is 1.53. The van der Waals surface area contributed by atoms with Gasteiger partial charge in [0.25, 0.3) is 11.8 Å². The second-order valence-electron chi connectivity index (χ2n) is 11.6. The molecular weight excluding hydrogens is 544 g/mol. The van der Waals surface area contributed by atoms with Crippen LogP contribution in [0.2, 0.25) is 0 Å². The van der Waals surface area contributed by atoms with Crippen LogP contribution in [0.4, 0.5) is 0 Å². The van der Waals surface area contributed by atoms with Gasteiger partial charge >= 0.3 is 0 Å². The zero-order chi connectivity index (χ0) is 29.3. The topological polar surface area (TPSA) is 74.8 Å². The number of thiophene rings is 1. The van der Waals surface area contributed by atoms with Crippen molar-refractivity contribution in [1.29, 1.82) is 0 Å². The van der Waals surface area contributed by atoms with Crippen molar-refractivity contribution in [2.45, 2.75) is 44.6 Å². The SMILES string of the molecule is CN1CCC1.COc1ccc(C)c(C(=O)NC2(c3cc(-c4ccc(C(=O)N5CCCC5)s4)cc4ncccc34)CC2)c1. The number of aryl methyl sites for hydroxylation is 1. The van der Waals surface area contributed by atoms with Gasteiger partial charge in [0.1, 0.15) is 5.75 Å². The fourth-order valence-electron chi connectivity index (χ4n) is 5.72. The normalized spacial score (nSPS) is 17.3. The van der Waals surface area contributed by atoms with Crippen molar-refractivity contribution in [3.05, 3.63) is 82.4 Å². The highest BCUT2D eigenvalue weighted by molar-refractivity contribution is 7.17. The lowest BCUT2D eigenvalue weighted by Gasteiger charge is -2.24. The molecule has 218 valence electrons. The van der Waals surface area contributed by atoms with E-state index in [1.165, 1.54) is 30.8 Å². The summed E-state index contributed by atoms with van der Waals surface area (Å²) in [5.74, 6) is 0.674. The van der Waals surface area contributed by atoms with E-state index in [0.29, 0.717) is 11.3 Å². The van der Waals surface area contributed by atoms with Gasteiger partial charge in [-0.25, -0.2) is 0 Å². The first-order chi connectivity index (χ1) is 20.4. The van der Waals surface area contributed by atoms with Crippen molar-refractivity contribution in [2.24, 2.45) is 0 Å². The van der Waals surface area contributed by atoms with Gasteiger partial charge in [-0.15, -0.1) is 11.3 Å². The first-order valence-electron chi connectivity index (χ1n) is 14.8. The molecule has 2 amide bonds. The molecule has 0 radical (unpaired) electrons. The molecule has 42 heavy (non-hydrogen) atoms. The van der Waals surface area contributed by atoms with Gasteiger partial charge < -0.3 is 19.9 Å². The molecule has 1 N–H and O–H groups in total. The van der Waals surface area contributed by atoms with Crippen LogP contribution in [0.15, 0.2) is 60.8 Å². The van der Waals surface area contributed by atoms with Crippen LogP contribution in [0.3, 0.4) is 0 Å². The maximum Gasteiger partial charge on any atom is 0.263 e. The lowest BCUT2D eigenvalue weighted by molar-refractivity contribution is 0.0797. The third kappa shape index (κ3) is 5.78. The van der Waals surface area contributed by atoms with Crippen LogP contribution in [-0.4, -0.2) is 66.9 Å². The number of nitrogens with zero attached hydrogens (tertiary/aromatic N) is 3. The quantitative estimate of drug-likeness (QED) is 0.291. The van der Waals surface area contributed by atoms with Gasteiger partial charge in [-0.2, -0.15) is 0 Å². The molecule has 0 unspecified atom stereocenters. The molecule has 2 aromatic heterocycles. The Kier molecular flexibility index (Phi) is 8.01. The summed E-state index contributed by atoms with van der Waals surface area (Å²) < 4.78 is 5.35. The molecule has 2 aromatic carbocycles. The van der Waals surface area contributed by atoms with Crippen molar-refractivity contribution >= 4 is 34.1 Å². The molecule has 2 saturated heterocycles. The number of amides is 2. The standard InChI is InChI=1S/C30H29N3O3S.C4H9N/c1-19-7-8-21(36-2)18-23(19)28(34)32-30(11-12-30)24-16-20(17-25-22(24)6-5-13-31-25)26-9-10-27(37-26)29(35)33-14-3-4-15-33;1-5-3-2-4-5/h5-10,13,16-18H,3-4,11-12,14-15H2,1-2H3,(H,32,34);2-4H2,1H3. The maximum absolute atomic E-state index is 13.4. The number of rotatable bonds is 6. The van der Waals surface area contributed by atoms with Crippen molar-refractivity contribution in [2.75, 3.05) is 40.3 Å². The Hall–Kier alpha value is -3.75. The average Bonchev–Trinajstić information content (AvgIpc) is 3.37. The molecule has 3 aliphatic rings. The van der Waals surface area contributed by atoms with Crippen LogP contribution in [0.25, 0.3) is 21.3 Å². The fraction of sp³-hybridized carbons (Fsp3) is 0.382. The zero-order valence-corrected chi connectivity index (χ0v) is 25.4. The van der Waals surface area contributed by atoms with Crippen molar-refractivity contribution in [1.82, 2.24) is 20.1 Å². The van der Waals surface area contributed by atoms with Gasteiger partial charge in [-0.3, -0.25) is 14.6 Å². The van der Waals surface area contributed by atoms with E-state index in [9.17, 15) is 9.59 Å². The second kappa shape index (κ2) is 11.9. The van der Waals surface area contributed by atoms with Gasteiger partial charge in [0.15, 0.2) is 0 Å². The molecule has 0 atom stereocenters. The molecule has 0 bridgehead atoms. The highest BCUT2D eigenvalue weighted by Crippen LogP contribution is 2.49. The third-order valence-corrected chi connectivity index (χ3v) is 9.73. The van der Waals surface area contributed by atoms with E-state index >= 15 is 0 Å². The number of benzene rings is 2. The second-order valence-corrected chi connectivity index (χ2v) is 12.7. The van der Waals surface area contributed by atoms with Crippen LogP contribution < -0.4 is 10.1 Å². The van der Waals surface area contributed by atoms with Gasteiger partial charge in [-0.05, 0) is 118 Å². The van der Waals surface area contributed by atoms with Crippen molar-refractivity contribution in [3.8, 4) is 16.2 Å². The number of aromatic nitrogens is 1. The van der Waals surface area contributed by atoms with Crippen LogP contribution in [-0.2, 0) is 5.54 Å². The Bertz CT molecular complexity index is 1620. The number of fused-ring (bicyclic) bond motifs is 1. The van der Waals surface area contributed by atoms with E-state index in [2.05, 4.69) is 40.4 Å². The Balaban J connectivity index is 0.000000573. The summed E-state index contributed by atoms with van der Waals surface area (Å²) in [5, 5.41) is 4.38. The Morgan fingerprint density at radius 1 is 0.976 bits per heavy atom. The molecular formula is C34H38N4O3S. The Labute approximate surface area is 251 Å². The van der Waals surface area contributed by atoms with Gasteiger partial charge in [0.2, 0.25) is 0 Å². The predicted octanol–water partition coefficient (Wildman–Crippen LogP) is 6.26. The molecule has 2 aliphatic heterocycles. The molecule has 1 saturated carbocycles. The number of ether oxygens (including phenoxy) is 1. The summed E-state index contributed by atoms with van der Waals surface area (Å²) in [6.07, 6.45) is 7.08. The van der Waals surface area contributed by atoms with E-state index in [-0.39, 0.29) is 11.8 Å². The average molecular weight is 583 g/mol. The number of methoxy groups -OCH3 is 1. The lowest BCUT2D eigenvalue weighted by atomic mass is 9.95. The monoisotopic (exact) mass is 582 g/mol. The first-order valence-corrected chi connectivity index (χ1v) is 15.6. The van der Waals surface area contributed by atoms with Gasteiger partial charge in [0.05, 0.1) is 23.0 Å². The minimum atomic E-state index is -0.449. The third-order valence-electron chi connectivity index (χ3n) is 8.60. The minimum Gasteiger partial charge on any atom is -0.497 e. The highest BCUT2D eigenvalue weighted by Gasteiger charge is 2.47. The maximum atomic E-state index is 13.4. The van der Waals surface area contributed by atoms with E-state index < -0.39 is 5.54 Å². The summed E-state index contributed by atoms with van der Waals surface area (Å²) in [7, 11) is 3.75. The van der Waals surface area contributed by atoms with Crippen LogP contribution in [0, 0.1) is 6.92 Å². The number of hydrogen-bond acceptors (Lipinski definition) is 6. The summed E-state index contributed by atoms with van der Waals surface area (Å²) in [4.78, 5) is 37.1. The molecule has 3 fully saturated rings. The van der Waals surface area contributed by atoms with E-state index in [1.54, 1.807) is 19.4 Å². The van der Waals surface area contributed by atoms with Crippen LogP contribution in [0.5, 0.6) is 5.75 Å². The van der Waals surface area contributed by atoms with E-state index in [4.69, 9.17) is 4.74 Å². The lowest BCUT2D eigenvalue weighted by Crippen LogP contribution is -2.35. The molecule has 7 nitrogen and oxygen atoms in total. The number of likely N-dealkylation sites (tertiary alicyclic amines) is 2. The molecule has 4 heterocycles.